The number of amides is 6. The Kier molecular flexibility index (Phi) is 15.9. The zero-order chi connectivity index (χ0) is 39.5. The Bertz CT molecular complexity index is 1450. The van der Waals surface area contributed by atoms with Crippen LogP contribution in [-0.2, 0) is 36.8 Å². The molecule has 5 N–H and O–H groups in total. The lowest BCUT2D eigenvalue weighted by Gasteiger charge is -2.35. The van der Waals surface area contributed by atoms with E-state index in [1.54, 1.807) is 4.90 Å². The summed E-state index contributed by atoms with van der Waals surface area (Å²) in [6, 6.07) is 3.67. The second-order valence-corrected chi connectivity index (χ2v) is 16.1. The zero-order valence-corrected chi connectivity index (χ0v) is 32.9. The first-order valence-corrected chi connectivity index (χ1v) is 19.1. The van der Waals surface area contributed by atoms with Crippen LogP contribution in [0.5, 0.6) is 0 Å². The van der Waals surface area contributed by atoms with E-state index in [1.165, 1.54) is 6.08 Å². The van der Waals surface area contributed by atoms with E-state index in [2.05, 4.69) is 33.2 Å². The molecule has 0 aromatic heterocycles. The molecule has 0 saturated carbocycles. The Balaban J connectivity index is 1.91. The van der Waals surface area contributed by atoms with Crippen molar-refractivity contribution >= 4 is 35.6 Å². The molecule has 1 aromatic rings. The number of benzene rings is 1. The van der Waals surface area contributed by atoms with E-state index in [9.17, 15) is 28.8 Å². The van der Waals surface area contributed by atoms with Gasteiger partial charge in [-0.15, -0.1) is 6.58 Å². The second kappa shape index (κ2) is 19.6. The van der Waals surface area contributed by atoms with Gasteiger partial charge in [-0.2, -0.15) is 0 Å². The van der Waals surface area contributed by atoms with Gasteiger partial charge in [0.05, 0.1) is 12.1 Å². The van der Waals surface area contributed by atoms with Crippen molar-refractivity contribution in [3.63, 3.8) is 0 Å². The van der Waals surface area contributed by atoms with Gasteiger partial charge < -0.3 is 36.2 Å². The molecule has 1 unspecified atom stereocenters. The average molecular weight is 739 g/mol. The lowest BCUT2D eigenvalue weighted by Crippen LogP contribution is -2.61. The van der Waals surface area contributed by atoms with Crippen LogP contribution in [0.25, 0.3) is 0 Å². The average Bonchev–Trinajstić information content (AvgIpc) is 3.73. The molecule has 1 heterocycles. The van der Waals surface area contributed by atoms with Crippen molar-refractivity contribution < 1.29 is 33.5 Å². The first kappa shape index (κ1) is 43.0. The van der Waals surface area contributed by atoms with Gasteiger partial charge in [0, 0.05) is 19.1 Å². The van der Waals surface area contributed by atoms with Crippen LogP contribution in [0.1, 0.15) is 92.2 Å². The summed E-state index contributed by atoms with van der Waals surface area (Å²) in [5.41, 5.74) is 1.69. The molecule has 13 heteroatoms. The fourth-order valence-electron chi connectivity index (χ4n) is 7.12. The van der Waals surface area contributed by atoms with Gasteiger partial charge in [-0.3, -0.25) is 19.2 Å². The smallest absolute Gasteiger partial charge is 0.407 e. The predicted molar refractivity (Wildman–Crippen MR) is 204 cm³/mol. The van der Waals surface area contributed by atoms with E-state index in [4.69, 9.17) is 4.74 Å². The van der Waals surface area contributed by atoms with Gasteiger partial charge in [0.1, 0.15) is 18.7 Å². The molecule has 13 nitrogen and oxygen atoms in total. The molecule has 0 spiro atoms. The topological polar surface area (TPSA) is 175 Å². The monoisotopic (exact) mass is 738 g/mol. The molecule has 3 rings (SSSR count). The molecule has 5 atom stereocenters. The first-order valence-electron chi connectivity index (χ1n) is 19.1. The maximum atomic E-state index is 14.8. The summed E-state index contributed by atoms with van der Waals surface area (Å²) >= 11 is 0. The van der Waals surface area contributed by atoms with Crippen molar-refractivity contribution in [2.45, 2.75) is 124 Å². The summed E-state index contributed by atoms with van der Waals surface area (Å²) in [5.74, 6) is -2.92. The number of hydrogen-bond acceptors (Lipinski definition) is 7. The Morgan fingerprint density at radius 2 is 1.60 bits per heavy atom. The largest absolute Gasteiger partial charge is 0.447 e. The van der Waals surface area contributed by atoms with Gasteiger partial charge in [-0.1, -0.05) is 84.7 Å². The number of likely N-dealkylation sites (tertiary alicyclic amines) is 1. The van der Waals surface area contributed by atoms with Crippen molar-refractivity contribution in [3.05, 3.63) is 48.0 Å². The Hall–Kier alpha value is -4.42. The fourth-order valence-corrected chi connectivity index (χ4v) is 7.12. The van der Waals surface area contributed by atoms with Crippen LogP contribution >= 0.6 is 0 Å². The van der Waals surface area contributed by atoms with Crippen molar-refractivity contribution in [2.75, 3.05) is 19.7 Å². The van der Waals surface area contributed by atoms with Gasteiger partial charge in [-0.25, -0.2) is 9.59 Å². The standard InChI is InChI=1S/C40H62N6O7/c1-10-12-17-30(34(47)36(49)41-19-11-2)43-35(48)33-29(24(3)4)18-20-46(33)37(50)32(28-21-26-15-13-14-16-27(26)22-28)45-38(51)44-31(40(7,8)9)23-53-39(52)42-25(5)6/h11,13-16,24-25,28-33H,2,10,12,17-23H2,1,3-9H3,(H,41,49)(H,42,52)(H,43,48)(H2,44,45,51)/t29-,30?,31-,32+,33+/m1/s1. The zero-order valence-electron chi connectivity index (χ0n) is 32.9. The number of carbonyl (C=O) groups excluding carboxylic acids is 6. The van der Waals surface area contributed by atoms with Crippen LogP contribution in [-0.4, -0.2) is 90.4 Å². The molecule has 2 aliphatic rings. The Morgan fingerprint density at radius 3 is 2.15 bits per heavy atom. The number of hydrogen-bond donors (Lipinski definition) is 5. The van der Waals surface area contributed by atoms with Crippen LogP contribution in [0.15, 0.2) is 36.9 Å². The van der Waals surface area contributed by atoms with Crippen molar-refractivity contribution in [2.24, 2.45) is 23.2 Å². The molecule has 0 bridgehead atoms. The minimum absolute atomic E-state index is 0.0233. The number of ketones is 1. The van der Waals surface area contributed by atoms with Crippen LogP contribution in [0.4, 0.5) is 9.59 Å². The normalized spacial score (nSPS) is 18.8. The summed E-state index contributed by atoms with van der Waals surface area (Å²) in [7, 11) is 0. The molecular formula is C40H62N6O7. The summed E-state index contributed by atoms with van der Waals surface area (Å²) in [6.45, 7) is 19.2. The van der Waals surface area contributed by atoms with E-state index in [1.807, 2.05) is 79.7 Å². The summed E-state index contributed by atoms with van der Waals surface area (Å²) in [6.07, 6.45) is 4.18. The van der Waals surface area contributed by atoms with Crippen LogP contribution in [0.2, 0.25) is 0 Å². The first-order chi connectivity index (χ1) is 25.0. The summed E-state index contributed by atoms with van der Waals surface area (Å²) in [4.78, 5) is 82.5. The molecule has 294 valence electrons. The number of Topliss-reactive ketones (excluding diaryl/α,β-unsaturated/α-hetero) is 1. The third-order valence-electron chi connectivity index (χ3n) is 10.2. The van der Waals surface area contributed by atoms with Crippen molar-refractivity contribution in [1.29, 1.82) is 0 Å². The summed E-state index contributed by atoms with van der Waals surface area (Å²) < 4.78 is 5.43. The third-order valence-corrected chi connectivity index (χ3v) is 10.2. The van der Waals surface area contributed by atoms with E-state index < -0.39 is 59.3 Å². The highest BCUT2D eigenvalue weighted by Crippen LogP contribution is 2.35. The number of alkyl carbamates (subject to hydrolysis) is 1. The number of ether oxygens (including phenoxy) is 1. The van der Waals surface area contributed by atoms with Crippen molar-refractivity contribution in [1.82, 2.24) is 31.5 Å². The lowest BCUT2D eigenvalue weighted by atomic mass is 9.87. The Labute approximate surface area is 315 Å². The Morgan fingerprint density at radius 1 is 0.962 bits per heavy atom. The number of nitrogens with zero attached hydrogens (tertiary/aromatic N) is 1. The fraction of sp³-hybridized carbons (Fsp3) is 0.650. The highest BCUT2D eigenvalue weighted by molar-refractivity contribution is 6.38. The minimum atomic E-state index is -1.05. The number of carbonyl (C=O) groups is 6. The maximum Gasteiger partial charge on any atom is 0.407 e. The van der Waals surface area contributed by atoms with Gasteiger partial charge in [0.2, 0.25) is 17.6 Å². The number of rotatable bonds is 17. The van der Waals surface area contributed by atoms with Crippen LogP contribution < -0.4 is 26.6 Å². The van der Waals surface area contributed by atoms with E-state index >= 15 is 0 Å². The minimum Gasteiger partial charge on any atom is -0.447 e. The number of urea groups is 1. The molecule has 6 amide bonds. The van der Waals surface area contributed by atoms with Gasteiger partial charge >= 0.3 is 12.1 Å². The molecule has 1 aliphatic carbocycles. The number of fused-ring (bicyclic) bond motifs is 1. The second-order valence-electron chi connectivity index (χ2n) is 16.1. The molecule has 1 aromatic carbocycles. The highest BCUT2D eigenvalue weighted by atomic mass is 16.5. The molecule has 1 fully saturated rings. The van der Waals surface area contributed by atoms with Crippen LogP contribution in [0, 0.1) is 23.2 Å². The lowest BCUT2D eigenvalue weighted by molar-refractivity contribution is -0.144. The number of nitrogens with one attached hydrogen (secondary N) is 5. The molecule has 0 radical (unpaired) electrons. The molecule has 53 heavy (non-hydrogen) atoms. The van der Waals surface area contributed by atoms with Gasteiger partial charge in [-0.05, 0) is 73.8 Å². The van der Waals surface area contributed by atoms with E-state index in [0.717, 1.165) is 17.5 Å². The highest BCUT2D eigenvalue weighted by Gasteiger charge is 2.48. The predicted octanol–water partition coefficient (Wildman–Crippen LogP) is 4.04. The number of unbranched alkanes of at least 4 members (excludes halogenated alkanes) is 1. The maximum absolute atomic E-state index is 14.8. The SMILES string of the molecule is C=CCNC(=O)C(=O)C(CCCC)NC(=O)[C@@H]1[C@@H](C(C)C)CCN1C(=O)[C@@H](NC(=O)N[C@H](COC(=O)NC(C)C)C(C)(C)C)C1Cc2ccccc2C1. The van der Waals surface area contributed by atoms with E-state index in [-0.39, 0.29) is 55.8 Å². The van der Waals surface area contributed by atoms with Gasteiger partial charge in [0.15, 0.2) is 0 Å². The van der Waals surface area contributed by atoms with Gasteiger partial charge in [0.25, 0.3) is 5.91 Å². The molecule has 1 aliphatic heterocycles. The third kappa shape index (κ3) is 12.0. The van der Waals surface area contributed by atoms with Crippen molar-refractivity contribution in [3.8, 4) is 0 Å². The van der Waals surface area contributed by atoms with E-state index in [0.29, 0.717) is 25.7 Å². The molecule has 1 saturated heterocycles. The summed E-state index contributed by atoms with van der Waals surface area (Å²) in [5, 5.41) is 13.9. The molecular weight excluding hydrogens is 676 g/mol. The quantitative estimate of drug-likeness (QED) is 0.118. The van der Waals surface area contributed by atoms with Crippen LogP contribution in [0.3, 0.4) is 0 Å².